The fourth-order valence-electron chi connectivity index (χ4n) is 1.60. The van der Waals surface area contributed by atoms with Crippen LogP contribution in [0.2, 0.25) is 5.02 Å². The minimum Gasteiger partial charge on any atom is -0.491 e. The fourth-order valence-corrected chi connectivity index (χ4v) is 2.17. The van der Waals surface area contributed by atoms with E-state index in [9.17, 15) is 0 Å². The summed E-state index contributed by atoms with van der Waals surface area (Å²) in [5, 5.41) is 0.541. The summed E-state index contributed by atoms with van der Waals surface area (Å²) < 4.78 is 10.8. The van der Waals surface area contributed by atoms with E-state index >= 15 is 0 Å². The van der Waals surface area contributed by atoms with Crippen LogP contribution in [0.4, 0.5) is 0 Å². The number of hydrogen-bond donors (Lipinski definition) is 0. The van der Waals surface area contributed by atoms with Crippen LogP contribution in [0.1, 0.15) is 25.8 Å². The van der Waals surface area contributed by atoms with Crippen LogP contribution in [-0.2, 0) is 0 Å². The molecule has 0 amide bonds. The summed E-state index contributed by atoms with van der Waals surface area (Å²) in [7, 11) is 1.58. The molecule has 0 atom stereocenters. The van der Waals surface area contributed by atoms with Crippen molar-refractivity contribution in [2.75, 3.05) is 19.6 Å². The van der Waals surface area contributed by atoms with E-state index in [0.29, 0.717) is 29.0 Å². The summed E-state index contributed by atoms with van der Waals surface area (Å²) in [6.07, 6.45) is 2.94. The van der Waals surface area contributed by atoms with Gasteiger partial charge in [-0.05, 0) is 31.0 Å². The predicted molar refractivity (Wildman–Crippen MR) is 78.2 cm³/mol. The minimum atomic E-state index is 0.518. The highest BCUT2D eigenvalue weighted by Crippen LogP contribution is 2.37. The molecule has 0 N–H and O–H groups in total. The molecule has 18 heavy (non-hydrogen) atoms. The first-order chi connectivity index (χ1) is 8.65. The van der Waals surface area contributed by atoms with Gasteiger partial charge in [0.05, 0.1) is 18.7 Å². The van der Waals surface area contributed by atoms with Crippen molar-refractivity contribution in [3.63, 3.8) is 0 Å². The topological polar surface area (TPSA) is 18.5 Å². The van der Waals surface area contributed by atoms with Crippen LogP contribution >= 0.6 is 23.2 Å². The van der Waals surface area contributed by atoms with Crippen LogP contribution in [0.15, 0.2) is 17.7 Å². The van der Waals surface area contributed by atoms with Crippen molar-refractivity contribution in [2.24, 2.45) is 0 Å². The highest BCUT2D eigenvalue weighted by Gasteiger charge is 2.10. The van der Waals surface area contributed by atoms with Crippen LogP contribution in [0.25, 0.3) is 6.08 Å². The van der Waals surface area contributed by atoms with Gasteiger partial charge in [-0.15, -0.1) is 11.6 Å². The Kier molecular flexibility index (Phi) is 6.37. The smallest absolute Gasteiger partial charge is 0.179 e. The molecule has 2 nitrogen and oxygen atoms in total. The molecule has 0 saturated carbocycles. The van der Waals surface area contributed by atoms with E-state index in [1.54, 1.807) is 7.11 Å². The summed E-state index contributed by atoms with van der Waals surface area (Å²) in [6, 6.07) is 3.77. The monoisotopic (exact) mass is 288 g/mol. The van der Waals surface area contributed by atoms with Crippen LogP contribution in [0.5, 0.6) is 11.5 Å². The zero-order valence-electron chi connectivity index (χ0n) is 10.9. The first kappa shape index (κ1) is 15.2. The Morgan fingerprint density at radius 1 is 1.33 bits per heavy atom. The van der Waals surface area contributed by atoms with E-state index in [4.69, 9.17) is 32.7 Å². The molecule has 4 heteroatoms. The second kappa shape index (κ2) is 7.55. The van der Waals surface area contributed by atoms with Crippen molar-refractivity contribution < 1.29 is 9.47 Å². The summed E-state index contributed by atoms with van der Waals surface area (Å²) in [5.74, 6) is 1.74. The number of rotatable bonds is 6. The van der Waals surface area contributed by atoms with Crippen LogP contribution in [-0.4, -0.2) is 19.6 Å². The lowest BCUT2D eigenvalue weighted by Gasteiger charge is -2.12. The van der Waals surface area contributed by atoms with Gasteiger partial charge in [0.2, 0.25) is 0 Å². The molecule has 0 aliphatic rings. The van der Waals surface area contributed by atoms with Gasteiger partial charge >= 0.3 is 0 Å². The number of alkyl halides is 1. The lowest BCUT2D eigenvalue weighted by molar-refractivity contribution is 0.311. The SMILES string of the molecule is CCOc1cc(C=C(CC)CCl)cc(Cl)c1OC. The van der Waals surface area contributed by atoms with Gasteiger partial charge in [0, 0.05) is 5.88 Å². The van der Waals surface area contributed by atoms with E-state index in [0.717, 1.165) is 17.6 Å². The lowest BCUT2D eigenvalue weighted by Crippen LogP contribution is -1.96. The van der Waals surface area contributed by atoms with E-state index < -0.39 is 0 Å². The molecule has 0 heterocycles. The van der Waals surface area contributed by atoms with Crippen molar-refractivity contribution in [3.05, 3.63) is 28.3 Å². The van der Waals surface area contributed by atoms with Gasteiger partial charge in [0.25, 0.3) is 0 Å². The molecule has 0 aliphatic heterocycles. The molecule has 0 aromatic heterocycles. The maximum atomic E-state index is 6.17. The Bertz CT molecular complexity index is 422. The molecule has 0 radical (unpaired) electrons. The van der Waals surface area contributed by atoms with E-state index in [2.05, 4.69) is 6.92 Å². The van der Waals surface area contributed by atoms with Crippen molar-refractivity contribution in [1.29, 1.82) is 0 Å². The number of benzene rings is 1. The minimum absolute atomic E-state index is 0.518. The quantitative estimate of drug-likeness (QED) is 0.702. The van der Waals surface area contributed by atoms with E-state index in [-0.39, 0.29) is 0 Å². The van der Waals surface area contributed by atoms with Gasteiger partial charge in [-0.1, -0.05) is 30.2 Å². The van der Waals surface area contributed by atoms with Gasteiger partial charge in [0.1, 0.15) is 0 Å². The van der Waals surface area contributed by atoms with Gasteiger partial charge in [0.15, 0.2) is 11.5 Å². The first-order valence-corrected chi connectivity index (χ1v) is 6.83. The fraction of sp³-hybridized carbons (Fsp3) is 0.429. The Morgan fingerprint density at radius 3 is 2.56 bits per heavy atom. The third-order valence-electron chi connectivity index (χ3n) is 2.53. The molecule has 1 aromatic rings. The third-order valence-corrected chi connectivity index (χ3v) is 3.16. The molecule has 0 unspecified atom stereocenters. The number of allylic oxidation sites excluding steroid dienone is 1. The molecule has 1 aromatic carbocycles. The molecule has 0 spiro atoms. The number of halogens is 2. The Morgan fingerprint density at radius 2 is 2.06 bits per heavy atom. The van der Waals surface area contributed by atoms with Crippen LogP contribution in [0, 0.1) is 0 Å². The Hall–Kier alpha value is -0.860. The summed E-state index contributed by atoms with van der Waals surface area (Å²) in [4.78, 5) is 0. The summed E-state index contributed by atoms with van der Waals surface area (Å²) in [5.41, 5.74) is 2.13. The largest absolute Gasteiger partial charge is 0.491 e. The Labute approximate surface area is 118 Å². The normalized spacial score (nSPS) is 11.5. The third kappa shape index (κ3) is 3.82. The van der Waals surface area contributed by atoms with Crippen molar-refractivity contribution in [2.45, 2.75) is 20.3 Å². The Balaban J connectivity index is 3.19. The molecule has 0 saturated heterocycles. The average Bonchev–Trinajstić information content (AvgIpc) is 2.36. The van der Waals surface area contributed by atoms with Gasteiger partial charge < -0.3 is 9.47 Å². The molecular weight excluding hydrogens is 271 g/mol. The van der Waals surface area contributed by atoms with Crippen molar-refractivity contribution in [3.8, 4) is 11.5 Å². The van der Waals surface area contributed by atoms with Crippen molar-refractivity contribution in [1.82, 2.24) is 0 Å². The number of hydrogen-bond acceptors (Lipinski definition) is 2. The van der Waals surface area contributed by atoms with Gasteiger partial charge in [-0.2, -0.15) is 0 Å². The zero-order chi connectivity index (χ0) is 13.5. The highest BCUT2D eigenvalue weighted by atomic mass is 35.5. The molecular formula is C14H18Cl2O2. The molecule has 1 rings (SSSR count). The number of ether oxygens (including phenoxy) is 2. The predicted octanol–water partition coefficient (Wildman–Crippen LogP) is 4.78. The number of methoxy groups -OCH3 is 1. The first-order valence-electron chi connectivity index (χ1n) is 5.91. The highest BCUT2D eigenvalue weighted by molar-refractivity contribution is 6.32. The van der Waals surface area contributed by atoms with Crippen LogP contribution < -0.4 is 9.47 Å². The average molecular weight is 289 g/mol. The standard InChI is InChI=1S/C14H18Cl2O2/c1-4-10(9-15)6-11-7-12(16)14(17-3)13(8-11)18-5-2/h6-8H,4-5,9H2,1-3H3. The van der Waals surface area contributed by atoms with E-state index in [1.165, 1.54) is 0 Å². The molecule has 0 aliphatic carbocycles. The van der Waals surface area contributed by atoms with Crippen LogP contribution in [0.3, 0.4) is 0 Å². The second-order valence-corrected chi connectivity index (χ2v) is 4.43. The molecule has 100 valence electrons. The second-order valence-electron chi connectivity index (χ2n) is 3.76. The molecule has 0 fully saturated rings. The van der Waals surface area contributed by atoms with Gasteiger partial charge in [-0.25, -0.2) is 0 Å². The maximum absolute atomic E-state index is 6.17. The van der Waals surface area contributed by atoms with Gasteiger partial charge in [-0.3, -0.25) is 0 Å². The van der Waals surface area contributed by atoms with Crippen molar-refractivity contribution >= 4 is 29.3 Å². The molecule has 0 bridgehead atoms. The van der Waals surface area contributed by atoms with E-state index in [1.807, 2.05) is 25.1 Å². The summed E-state index contributed by atoms with van der Waals surface area (Å²) in [6.45, 7) is 4.56. The summed E-state index contributed by atoms with van der Waals surface area (Å²) >= 11 is 12.0. The lowest BCUT2D eigenvalue weighted by atomic mass is 10.1. The maximum Gasteiger partial charge on any atom is 0.179 e. The zero-order valence-corrected chi connectivity index (χ0v) is 12.4.